The fourth-order valence-corrected chi connectivity index (χ4v) is 1.70. The predicted octanol–water partition coefficient (Wildman–Crippen LogP) is -0.867. The topological polar surface area (TPSA) is 72.9 Å². The Morgan fingerprint density at radius 1 is 1.43 bits per heavy atom. The summed E-state index contributed by atoms with van der Waals surface area (Å²) in [6.07, 6.45) is 2.14. The van der Waals surface area contributed by atoms with Crippen molar-refractivity contribution in [1.29, 1.82) is 0 Å². The fourth-order valence-electron chi connectivity index (χ4n) is 1.70. The summed E-state index contributed by atoms with van der Waals surface area (Å²) in [5.41, 5.74) is 5.82. The third-order valence-electron chi connectivity index (χ3n) is 2.55. The normalized spacial score (nSPS) is 20.1. The lowest BCUT2D eigenvalue weighted by molar-refractivity contribution is 0.201. The molecule has 0 saturated carbocycles. The first-order valence-corrected chi connectivity index (χ1v) is 4.95. The molecule has 0 bridgehead atoms. The van der Waals surface area contributed by atoms with Gasteiger partial charge in [0, 0.05) is 19.1 Å². The van der Waals surface area contributed by atoms with Gasteiger partial charge in [-0.15, -0.1) is 10.2 Å². The van der Waals surface area contributed by atoms with E-state index in [0.717, 1.165) is 38.3 Å². The van der Waals surface area contributed by atoms with Crippen LogP contribution in [0.1, 0.15) is 18.7 Å². The van der Waals surface area contributed by atoms with Crippen LogP contribution in [0.15, 0.2) is 0 Å². The summed E-state index contributed by atoms with van der Waals surface area (Å²) >= 11 is 0. The van der Waals surface area contributed by atoms with Crippen molar-refractivity contribution in [3.05, 3.63) is 5.82 Å². The molecule has 1 aliphatic rings. The maximum Gasteiger partial charge on any atom is 0.188 e. The van der Waals surface area contributed by atoms with E-state index >= 15 is 0 Å². The van der Waals surface area contributed by atoms with Gasteiger partial charge in [0.15, 0.2) is 5.82 Å². The summed E-state index contributed by atoms with van der Waals surface area (Å²) in [5.74, 6) is 0.794. The Kier molecular flexibility index (Phi) is 2.74. The van der Waals surface area contributed by atoms with Crippen LogP contribution in [-0.4, -0.2) is 44.2 Å². The molecule has 2 heterocycles. The molecule has 1 aliphatic heterocycles. The molecule has 0 spiro atoms. The van der Waals surface area contributed by atoms with Crippen LogP contribution in [0, 0.1) is 0 Å². The molecule has 0 atom stereocenters. The Morgan fingerprint density at radius 3 is 2.71 bits per heavy atom. The summed E-state index contributed by atoms with van der Waals surface area (Å²) in [4.78, 5) is 3.81. The van der Waals surface area contributed by atoms with Crippen molar-refractivity contribution in [3.8, 4) is 0 Å². The maximum absolute atomic E-state index is 5.82. The lowest BCUT2D eigenvalue weighted by Crippen LogP contribution is -2.39. The van der Waals surface area contributed by atoms with E-state index in [0.29, 0.717) is 6.04 Å². The van der Waals surface area contributed by atoms with Gasteiger partial charge in [0.1, 0.15) is 0 Å². The molecular formula is C8H16N6. The molecule has 1 aromatic rings. The molecule has 0 unspecified atom stereocenters. The van der Waals surface area contributed by atoms with Gasteiger partial charge in [0.25, 0.3) is 0 Å². The maximum atomic E-state index is 5.82. The molecular weight excluding hydrogens is 180 g/mol. The molecule has 0 aromatic carbocycles. The van der Waals surface area contributed by atoms with Crippen molar-refractivity contribution in [1.82, 2.24) is 25.1 Å². The second-order valence-electron chi connectivity index (χ2n) is 3.81. The smallest absolute Gasteiger partial charge is 0.188 e. The highest BCUT2D eigenvalue weighted by atomic mass is 15.6. The zero-order valence-electron chi connectivity index (χ0n) is 8.43. The Hall–Kier alpha value is -1.01. The summed E-state index contributed by atoms with van der Waals surface area (Å²) in [5, 5.41) is 11.9. The Bertz CT molecular complexity index is 288. The van der Waals surface area contributed by atoms with Crippen molar-refractivity contribution < 1.29 is 0 Å². The molecule has 14 heavy (non-hydrogen) atoms. The third-order valence-corrected chi connectivity index (χ3v) is 2.55. The van der Waals surface area contributed by atoms with Crippen LogP contribution in [-0.2, 0) is 13.6 Å². The number of aromatic nitrogens is 4. The predicted molar refractivity (Wildman–Crippen MR) is 51.3 cm³/mol. The second kappa shape index (κ2) is 4.02. The van der Waals surface area contributed by atoms with Crippen LogP contribution in [0.5, 0.6) is 0 Å². The van der Waals surface area contributed by atoms with Gasteiger partial charge in [0.05, 0.1) is 13.6 Å². The van der Waals surface area contributed by atoms with Gasteiger partial charge in [-0.05, 0) is 18.1 Å². The standard InChI is InChI=1S/C8H16N6/c1-13-11-8(10-12-13)6-14-4-2-7(9)3-5-14/h7H,2-6,9H2,1H3. The SMILES string of the molecule is Cn1nnc(CN2CCC(N)CC2)n1. The zero-order chi connectivity index (χ0) is 9.97. The number of likely N-dealkylation sites (tertiary alicyclic amines) is 1. The van der Waals surface area contributed by atoms with E-state index in [9.17, 15) is 0 Å². The first-order valence-electron chi connectivity index (χ1n) is 4.95. The molecule has 0 aliphatic carbocycles. The Labute approximate surface area is 83.1 Å². The van der Waals surface area contributed by atoms with Crippen molar-refractivity contribution >= 4 is 0 Å². The summed E-state index contributed by atoms with van der Waals surface area (Å²) in [7, 11) is 1.78. The number of rotatable bonds is 2. The molecule has 1 fully saturated rings. The number of nitrogens with zero attached hydrogens (tertiary/aromatic N) is 5. The van der Waals surface area contributed by atoms with Crippen molar-refractivity contribution in [2.75, 3.05) is 13.1 Å². The van der Waals surface area contributed by atoms with E-state index in [2.05, 4.69) is 20.3 Å². The van der Waals surface area contributed by atoms with E-state index in [1.54, 1.807) is 7.05 Å². The molecule has 6 nitrogen and oxygen atoms in total. The van der Waals surface area contributed by atoms with E-state index < -0.39 is 0 Å². The van der Waals surface area contributed by atoms with E-state index in [1.165, 1.54) is 4.80 Å². The average molecular weight is 196 g/mol. The number of aryl methyl sites for hydroxylation is 1. The van der Waals surface area contributed by atoms with Crippen LogP contribution in [0.3, 0.4) is 0 Å². The second-order valence-corrected chi connectivity index (χ2v) is 3.81. The molecule has 0 radical (unpaired) electrons. The highest BCUT2D eigenvalue weighted by molar-refractivity contribution is 4.81. The van der Waals surface area contributed by atoms with Crippen LogP contribution in [0.25, 0.3) is 0 Å². The van der Waals surface area contributed by atoms with E-state index in [-0.39, 0.29) is 0 Å². The van der Waals surface area contributed by atoms with Gasteiger partial charge in [0.2, 0.25) is 0 Å². The average Bonchev–Trinajstić information content (AvgIpc) is 2.56. The van der Waals surface area contributed by atoms with E-state index in [1.807, 2.05) is 0 Å². The number of nitrogens with two attached hydrogens (primary N) is 1. The quantitative estimate of drug-likeness (QED) is 0.666. The highest BCUT2D eigenvalue weighted by Gasteiger charge is 2.17. The molecule has 6 heteroatoms. The lowest BCUT2D eigenvalue weighted by Gasteiger charge is -2.28. The Morgan fingerprint density at radius 2 is 2.14 bits per heavy atom. The van der Waals surface area contributed by atoms with Crippen molar-refractivity contribution in [2.24, 2.45) is 12.8 Å². The van der Waals surface area contributed by atoms with Gasteiger partial charge in [-0.1, -0.05) is 0 Å². The summed E-state index contributed by atoms with van der Waals surface area (Å²) < 4.78 is 0. The fraction of sp³-hybridized carbons (Fsp3) is 0.875. The minimum Gasteiger partial charge on any atom is -0.328 e. The molecule has 0 amide bonds. The lowest BCUT2D eigenvalue weighted by atomic mass is 10.1. The number of hydrogen-bond acceptors (Lipinski definition) is 5. The van der Waals surface area contributed by atoms with Gasteiger partial charge in [-0.2, -0.15) is 4.80 Å². The monoisotopic (exact) mass is 196 g/mol. The van der Waals surface area contributed by atoms with Gasteiger partial charge >= 0.3 is 0 Å². The minimum atomic E-state index is 0.376. The Balaban J connectivity index is 1.86. The number of piperidine rings is 1. The van der Waals surface area contributed by atoms with Gasteiger partial charge in [-0.3, -0.25) is 4.90 Å². The van der Waals surface area contributed by atoms with Crippen molar-refractivity contribution in [3.63, 3.8) is 0 Å². The first-order chi connectivity index (χ1) is 6.74. The molecule has 2 rings (SSSR count). The minimum absolute atomic E-state index is 0.376. The summed E-state index contributed by atoms with van der Waals surface area (Å²) in [6.45, 7) is 2.87. The van der Waals surface area contributed by atoms with Crippen LogP contribution in [0.2, 0.25) is 0 Å². The van der Waals surface area contributed by atoms with Gasteiger partial charge < -0.3 is 5.73 Å². The molecule has 78 valence electrons. The van der Waals surface area contributed by atoms with Gasteiger partial charge in [-0.25, -0.2) is 0 Å². The summed E-state index contributed by atoms with van der Waals surface area (Å²) in [6, 6.07) is 0.376. The van der Waals surface area contributed by atoms with Crippen LogP contribution < -0.4 is 5.73 Å². The largest absolute Gasteiger partial charge is 0.328 e. The third kappa shape index (κ3) is 2.27. The number of tetrazole rings is 1. The zero-order valence-corrected chi connectivity index (χ0v) is 8.43. The van der Waals surface area contributed by atoms with E-state index in [4.69, 9.17) is 5.73 Å². The van der Waals surface area contributed by atoms with Crippen LogP contribution >= 0.6 is 0 Å². The van der Waals surface area contributed by atoms with Crippen LogP contribution in [0.4, 0.5) is 0 Å². The first kappa shape index (κ1) is 9.54. The molecule has 1 saturated heterocycles. The highest BCUT2D eigenvalue weighted by Crippen LogP contribution is 2.09. The van der Waals surface area contributed by atoms with Crippen molar-refractivity contribution in [2.45, 2.75) is 25.4 Å². The molecule has 2 N–H and O–H groups in total. The molecule has 1 aromatic heterocycles. The number of hydrogen-bond donors (Lipinski definition) is 1.